The molecule has 0 unspecified atom stereocenters. The van der Waals surface area contributed by atoms with Crippen LogP contribution in [-0.4, -0.2) is 29.1 Å². The molecule has 0 fully saturated rings. The summed E-state index contributed by atoms with van der Waals surface area (Å²) in [5, 5.41) is 1.75. The standard InChI is InChI=1S/C14H19N5O/c1-9-5-6-11(7-10(9)2)20-14-12(15)13(16-8-17-14)18-19(3)4/h5-8H,15H2,1-4H3,(H,16,17,18). The number of hydrogen-bond donors (Lipinski definition) is 2. The molecule has 1 aromatic heterocycles. The topological polar surface area (TPSA) is 76.3 Å². The highest BCUT2D eigenvalue weighted by atomic mass is 16.5. The van der Waals surface area contributed by atoms with Crippen molar-refractivity contribution in [3.8, 4) is 11.6 Å². The number of benzene rings is 1. The van der Waals surface area contributed by atoms with E-state index in [1.54, 1.807) is 5.01 Å². The van der Waals surface area contributed by atoms with Crippen LogP contribution in [0.5, 0.6) is 11.6 Å². The first kappa shape index (κ1) is 14.1. The summed E-state index contributed by atoms with van der Waals surface area (Å²) in [6, 6.07) is 5.85. The zero-order valence-electron chi connectivity index (χ0n) is 12.1. The Hall–Kier alpha value is -2.34. The van der Waals surface area contributed by atoms with Crippen molar-refractivity contribution >= 4 is 11.5 Å². The summed E-state index contributed by atoms with van der Waals surface area (Å²) in [5.74, 6) is 1.56. The summed E-state index contributed by atoms with van der Waals surface area (Å²) in [4.78, 5) is 8.16. The van der Waals surface area contributed by atoms with Gasteiger partial charge in [0.2, 0.25) is 5.88 Å². The third kappa shape index (κ3) is 3.16. The number of nitrogens with zero attached hydrogens (tertiary/aromatic N) is 3. The average molecular weight is 273 g/mol. The summed E-state index contributed by atoms with van der Waals surface area (Å²) in [6.45, 7) is 4.09. The van der Waals surface area contributed by atoms with Crippen molar-refractivity contribution in [2.45, 2.75) is 13.8 Å². The third-order valence-corrected chi connectivity index (χ3v) is 2.87. The number of aryl methyl sites for hydroxylation is 2. The second-order valence-corrected chi connectivity index (χ2v) is 4.80. The average Bonchev–Trinajstić information content (AvgIpc) is 2.38. The van der Waals surface area contributed by atoms with Gasteiger partial charge in [-0.3, -0.25) is 0 Å². The lowest BCUT2D eigenvalue weighted by molar-refractivity contribution is 0.460. The minimum Gasteiger partial charge on any atom is -0.437 e. The van der Waals surface area contributed by atoms with E-state index in [4.69, 9.17) is 10.5 Å². The first-order chi connectivity index (χ1) is 9.47. The summed E-state index contributed by atoms with van der Waals surface area (Å²) in [7, 11) is 3.71. The van der Waals surface area contributed by atoms with Gasteiger partial charge in [0.25, 0.3) is 0 Å². The van der Waals surface area contributed by atoms with Crippen molar-refractivity contribution in [1.82, 2.24) is 15.0 Å². The molecule has 3 N–H and O–H groups in total. The second-order valence-electron chi connectivity index (χ2n) is 4.80. The Morgan fingerprint density at radius 2 is 1.90 bits per heavy atom. The second kappa shape index (κ2) is 5.75. The molecule has 0 aliphatic heterocycles. The molecule has 0 radical (unpaired) electrons. The number of nitrogens with one attached hydrogen (secondary N) is 1. The molecule has 0 aliphatic carbocycles. The van der Waals surface area contributed by atoms with E-state index in [1.165, 1.54) is 11.9 Å². The lowest BCUT2D eigenvalue weighted by Gasteiger charge is -2.15. The van der Waals surface area contributed by atoms with Crippen LogP contribution < -0.4 is 15.9 Å². The Labute approximate surface area is 118 Å². The Balaban J connectivity index is 2.27. The molecule has 6 nitrogen and oxygen atoms in total. The quantitative estimate of drug-likeness (QED) is 0.833. The van der Waals surface area contributed by atoms with Gasteiger partial charge >= 0.3 is 0 Å². The third-order valence-electron chi connectivity index (χ3n) is 2.87. The first-order valence-corrected chi connectivity index (χ1v) is 6.27. The van der Waals surface area contributed by atoms with Gasteiger partial charge < -0.3 is 15.9 Å². The highest BCUT2D eigenvalue weighted by Gasteiger charge is 2.11. The van der Waals surface area contributed by atoms with E-state index in [2.05, 4.69) is 22.3 Å². The summed E-state index contributed by atoms with van der Waals surface area (Å²) in [5.41, 5.74) is 11.7. The van der Waals surface area contributed by atoms with Gasteiger partial charge in [0, 0.05) is 14.1 Å². The largest absolute Gasteiger partial charge is 0.437 e. The molecule has 2 rings (SSSR count). The molecule has 0 spiro atoms. The molecule has 1 heterocycles. The zero-order chi connectivity index (χ0) is 14.7. The fraction of sp³-hybridized carbons (Fsp3) is 0.286. The van der Waals surface area contributed by atoms with E-state index in [0.29, 0.717) is 23.1 Å². The van der Waals surface area contributed by atoms with Crippen LogP contribution in [0.15, 0.2) is 24.5 Å². The maximum atomic E-state index is 6.01. The fourth-order valence-corrected chi connectivity index (χ4v) is 1.65. The molecule has 106 valence electrons. The van der Waals surface area contributed by atoms with Crippen LogP contribution in [-0.2, 0) is 0 Å². The lowest BCUT2D eigenvalue weighted by Crippen LogP contribution is -2.21. The molecular weight excluding hydrogens is 254 g/mol. The monoisotopic (exact) mass is 273 g/mol. The number of hydrazine groups is 1. The lowest BCUT2D eigenvalue weighted by atomic mass is 10.1. The highest BCUT2D eigenvalue weighted by Crippen LogP contribution is 2.29. The normalized spacial score (nSPS) is 10.7. The first-order valence-electron chi connectivity index (χ1n) is 6.27. The molecule has 0 aliphatic rings. The van der Waals surface area contributed by atoms with Crippen molar-refractivity contribution in [2.75, 3.05) is 25.3 Å². The molecule has 1 aromatic carbocycles. The number of nitrogen functional groups attached to an aromatic ring is 1. The smallest absolute Gasteiger partial charge is 0.248 e. The summed E-state index contributed by atoms with van der Waals surface area (Å²) >= 11 is 0. The Morgan fingerprint density at radius 1 is 1.15 bits per heavy atom. The van der Waals surface area contributed by atoms with Crippen molar-refractivity contribution in [2.24, 2.45) is 0 Å². The van der Waals surface area contributed by atoms with Crippen LogP contribution in [0.2, 0.25) is 0 Å². The van der Waals surface area contributed by atoms with Crippen LogP contribution >= 0.6 is 0 Å². The maximum absolute atomic E-state index is 6.01. The number of rotatable bonds is 4. The van der Waals surface area contributed by atoms with Crippen LogP contribution in [0, 0.1) is 13.8 Å². The number of hydrogen-bond acceptors (Lipinski definition) is 6. The van der Waals surface area contributed by atoms with E-state index < -0.39 is 0 Å². The van der Waals surface area contributed by atoms with Crippen LogP contribution in [0.25, 0.3) is 0 Å². The van der Waals surface area contributed by atoms with Gasteiger partial charge in [-0.1, -0.05) is 6.07 Å². The van der Waals surface area contributed by atoms with E-state index in [0.717, 1.165) is 5.56 Å². The van der Waals surface area contributed by atoms with Crippen molar-refractivity contribution in [3.05, 3.63) is 35.7 Å². The van der Waals surface area contributed by atoms with E-state index >= 15 is 0 Å². The SMILES string of the molecule is Cc1ccc(Oc2ncnc(NN(C)C)c2N)cc1C. The van der Waals surface area contributed by atoms with Gasteiger partial charge in [0.15, 0.2) is 5.82 Å². The minimum absolute atomic E-state index is 0.340. The van der Waals surface area contributed by atoms with E-state index in [1.807, 2.05) is 39.2 Å². The Bertz CT molecular complexity index is 613. The van der Waals surface area contributed by atoms with Crippen LogP contribution in [0.1, 0.15) is 11.1 Å². The van der Waals surface area contributed by atoms with Gasteiger partial charge in [0.1, 0.15) is 17.8 Å². The number of nitrogens with two attached hydrogens (primary N) is 1. The predicted molar refractivity (Wildman–Crippen MR) is 79.7 cm³/mol. The van der Waals surface area contributed by atoms with Gasteiger partial charge in [-0.25, -0.2) is 9.99 Å². The van der Waals surface area contributed by atoms with Gasteiger partial charge in [0.05, 0.1) is 0 Å². The molecular formula is C14H19N5O. The molecule has 0 amide bonds. The van der Waals surface area contributed by atoms with Crippen LogP contribution in [0.4, 0.5) is 11.5 Å². The highest BCUT2D eigenvalue weighted by molar-refractivity contribution is 5.66. The molecule has 0 atom stereocenters. The van der Waals surface area contributed by atoms with Gasteiger partial charge in [-0.05, 0) is 37.1 Å². The Morgan fingerprint density at radius 3 is 2.55 bits per heavy atom. The minimum atomic E-state index is 0.340. The number of anilines is 2. The molecule has 6 heteroatoms. The van der Waals surface area contributed by atoms with Gasteiger partial charge in [-0.2, -0.15) is 4.98 Å². The summed E-state index contributed by atoms with van der Waals surface area (Å²) < 4.78 is 5.73. The van der Waals surface area contributed by atoms with Crippen molar-refractivity contribution in [1.29, 1.82) is 0 Å². The molecule has 2 aromatic rings. The molecule has 0 saturated carbocycles. The molecule has 20 heavy (non-hydrogen) atoms. The van der Waals surface area contributed by atoms with Crippen molar-refractivity contribution in [3.63, 3.8) is 0 Å². The number of ether oxygens (including phenoxy) is 1. The maximum Gasteiger partial charge on any atom is 0.248 e. The van der Waals surface area contributed by atoms with Gasteiger partial charge in [-0.15, -0.1) is 0 Å². The Kier molecular flexibility index (Phi) is 4.05. The fourth-order valence-electron chi connectivity index (χ4n) is 1.65. The summed E-state index contributed by atoms with van der Waals surface area (Å²) in [6.07, 6.45) is 1.42. The van der Waals surface area contributed by atoms with E-state index in [-0.39, 0.29) is 0 Å². The number of aromatic nitrogens is 2. The predicted octanol–water partition coefficient (Wildman–Crippen LogP) is 2.36. The zero-order valence-corrected chi connectivity index (χ0v) is 12.1. The molecule has 0 saturated heterocycles. The van der Waals surface area contributed by atoms with E-state index in [9.17, 15) is 0 Å². The van der Waals surface area contributed by atoms with Crippen LogP contribution in [0.3, 0.4) is 0 Å². The molecule has 0 bridgehead atoms. The van der Waals surface area contributed by atoms with Crippen molar-refractivity contribution < 1.29 is 4.74 Å².